The summed E-state index contributed by atoms with van der Waals surface area (Å²) in [4.78, 5) is 0.224. The van der Waals surface area contributed by atoms with Gasteiger partial charge in [-0.15, -0.1) is 0 Å². The zero-order valence-electron chi connectivity index (χ0n) is 11.3. The summed E-state index contributed by atoms with van der Waals surface area (Å²) in [5.74, 6) is 0. The minimum Gasteiger partial charge on any atom is -0.207 e. The Morgan fingerprint density at radius 2 is 1.75 bits per heavy atom. The Kier molecular flexibility index (Phi) is 4.48. The molecule has 0 radical (unpaired) electrons. The summed E-state index contributed by atoms with van der Waals surface area (Å²) in [7, 11) is -3.56. The van der Waals surface area contributed by atoms with Gasteiger partial charge in [-0.3, -0.25) is 0 Å². The number of benzene rings is 2. The van der Waals surface area contributed by atoms with E-state index in [2.05, 4.69) is 4.72 Å². The van der Waals surface area contributed by atoms with Gasteiger partial charge in [-0.05, 0) is 43.2 Å². The summed E-state index contributed by atoms with van der Waals surface area (Å²) in [5.41, 5.74) is 1.66. The van der Waals surface area contributed by atoms with Crippen molar-refractivity contribution in [1.82, 2.24) is 4.72 Å². The molecule has 0 bridgehead atoms. The van der Waals surface area contributed by atoms with Gasteiger partial charge in [-0.25, -0.2) is 13.1 Å². The first-order valence-electron chi connectivity index (χ1n) is 6.23. The van der Waals surface area contributed by atoms with Gasteiger partial charge in [-0.1, -0.05) is 41.9 Å². The van der Waals surface area contributed by atoms with Crippen LogP contribution in [0, 0.1) is 6.92 Å². The van der Waals surface area contributed by atoms with Crippen molar-refractivity contribution >= 4 is 21.6 Å². The summed E-state index contributed by atoms with van der Waals surface area (Å²) in [6.07, 6.45) is 0. The molecule has 20 heavy (non-hydrogen) atoms. The fourth-order valence-electron chi connectivity index (χ4n) is 1.89. The van der Waals surface area contributed by atoms with E-state index in [0.29, 0.717) is 5.02 Å². The number of nitrogens with one attached hydrogen (secondary N) is 1. The van der Waals surface area contributed by atoms with E-state index in [0.717, 1.165) is 11.1 Å². The Balaban J connectivity index is 2.25. The van der Waals surface area contributed by atoms with Gasteiger partial charge in [0.2, 0.25) is 10.0 Å². The molecule has 0 aliphatic rings. The molecule has 3 nitrogen and oxygen atoms in total. The summed E-state index contributed by atoms with van der Waals surface area (Å²) >= 11 is 5.92. The maximum absolute atomic E-state index is 12.3. The molecule has 5 heteroatoms. The van der Waals surface area contributed by atoms with Crippen molar-refractivity contribution in [3.05, 3.63) is 64.7 Å². The maximum atomic E-state index is 12.3. The zero-order valence-corrected chi connectivity index (χ0v) is 12.9. The van der Waals surface area contributed by atoms with E-state index in [-0.39, 0.29) is 10.9 Å². The normalized spacial score (nSPS) is 13.2. The summed E-state index contributed by atoms with van der Waals surface area (Å²) in [5, 5.41) is 0.556. The number of sulfonamides is 1. The third-order valence-electron chi connectivity index (χ3n) is 3.07. The fourth-order valence-corrected chi connectivity index (χ4v) is 3.33. The van der Waals surface area contributed by atoms with Crippen molar-refractivity contribution < 1.29 is 8.42 Å². The first-order chi connectivity index (χ1) is 9.40. The molecule has 0 saturated heterocycles. The highest BCUT2D eigenvalue weighted by molar-refractivity contribution is 7.89. The van der Waals surface area contributed by atoms with E-state index in [4.69, 9.17) is 11.6 Å². The molecule has 0 aliphatic heterocycles. The number of hydrogen-bond acceptors (Lipinski definition) is 2. The van der Waals surface area contributed by atoms with E-state index >= 15 is 0 Å². The summed E-state index contributed by atoms with van der Waals surface area (Å²) in [6.45, 7) is 3.59. The SMILES string of the molecule is Cc1cc(S(=O)(=O)N[C@H](C)c2ccccc2)ccc1Cl. The molecule has 1 N–H and O–H groups in total. The van der Waals surface area contributed by atoms with Gasteiger partial charge in [0.1, 0.15) is 0 Å². The molecule has 0 saturated carbocycles. The van der Waals surface area contributed by atoms with Crippen LogP contribution in [0.15, 0.2) is 53.4 Å². The molecule has 2 rings (SSSR count). The third-order valence-corrected chi connectivity index (χ3v) is 5.03. The Hall–Kier alpha value is -1.36. The van der Waals surface area contributed by atoms with Crippen LogP contribution in [0.25, 0.3) is 0 Å². The van der Waals surface area contributed by atoms with Crippen molar-refractivity contribution in [2.24, 2.45) is 0 Å². The minimum absolute atomic E-state index is 0.224. The molecule has 0 aliphatic carbocycles. The molecule has 0 unspecified atom stereocenters. The Morgan fingerprint density at radius 3 is 2.35 bits per heavy atom. The highest BCUT2D eigenvalue weighted by Crippen LogP contribution is 2.21. The average Bonchev–Trinajstić information content (AvgIpc) is 2.42. The van der Waals surface area contributed by atoms with Crippen LogP contribution in [0.4, 0.5) is 0 Å². The van der Waals surface area contributed by atoms with E-state index < -0.39 is 10.0 Å². The molecule has 0 spiro atoms. The predicted molar refractivity (Wildman–Crippen MR) is 81.4 cm³/mol. The van der Waals surface area contributed by atoms with Crippen LogP contribution in [-0.4, -0.2) is 8.42 Å². The van der Waals surface area contributed by atoms with Crippen LogP contribution >= 0.6 is 11.6 Å². The smallest absolute Gasteiger partial charge is 0.207 e. The molecule has 0 fully saturated rings. The maximum Gasteiger partial charge on any atom is 0.241 e. The van der Waals surface area contributed by atoms with Crippen LogP contribution < -0.4 is 4.72 Å². The number of rotatable bonds is 4. The second-order valence-corrected chi connectivity index (χ2v) is 6.79. The van der Waals surface area contributed by atoms with E-state index in [1.807, 2.05) is 37.3 Å². The molecule has 0 heterocycles. The Morgan fingerprint density at radius 1 is 1.10 bits per heavy atom. The Labute approximate surface area is 124 Å². The van der Waals surface area contributed by atoms with Crippen molar-refractivity contribution in [2.45, 2.75) is 24.8 Å². The van der Waals surface area contributed by atoms with Crippen molar-refractivity contribution in [2.75, 3.05) is 0 Å². The molecular weight excluding hydrogens is 294 g/mol. The van der Waals surface area contributed by atoms with Crippen LogP contribution in [-0.2, 0) is 10.0 Å². The fraction of sp³-hybridized carbons (Fsp3) is 0.200. The highest BCUT2D eigenvalue weighted by Gasteiger charge is 2.18. The molecule has 106 valence electrons. The van der Waals surface area contributed by atoms with Gasteiger partial charge in [-0.2, -0.15) is 0 Å². The van der Waals surface area contributed by atoms with E-state index in [1.54, 1.807) is 19.1 Å². The zero-order chi connectivity index (χ0) is 14.8. The third kappa shape index (κ3) is 3.39. The van der Waals surface area contributed by atoms with Gasteiger partial charge in [0.05, 0.1) is 4.90 Å². The van der Waals surface area contributed by atoms with Crippen molar-refractivity contribution in [1.29, 1.82) is 0 Å². The first kappa shape index (κ1) is 15.0. The van der Waals surface area contributed by atoms with Gasteiger partial charge in [0.25, 0.3) is 0 Å². The first-order valence-corrected chi connectivity index (χ1v) is 8.10. The molecule has 1 atom stereocenters. The quantitative estimate of drug-likeness (QED) is 0.936. The molecule has 0 aromatic heterocycles. The second kappa shape index (κ2) is 5.95. The van der Waals surface area contributed by atoms with Gasteiger partial charge >= 0.3 is 0 Å². The standard InChI is InChI=1S/C15H16ClNO2S/c1-11-10-14(8-9-15(11)16)20(18,19)17-12(2)13-6-4-3-5-7-13/h3-10,12,17H,1-2H3/t12-/m1/s1. The lowest BCUT2D eigenvalue weighted by Crippen LogP contribution is -2.26. The minimum atomic E-state index is -3.56. The van der Waals surface area contributed by atoms with Crippen molar-refractivity contribution in [3.8, 4) is 0 Å². The van der Waals surface area contributed by atoms with Crippen LogP contribution in [0.3, 0.4) is 0 Å². The highest BCUT2D eigenvalue weighted by atomic mass is 35.5. The lowest BCUT2D eigenvalue weighted by atomic mass is 10.1. The summed E-state index contributed by atoms with van der Waals surface area (Å²) in [6, 6.07) is 13.8. The number of hydrogen-bond donors (Lipinski definition) is 1. The molecule has 0 amide bonds. The van der Waals surface area contributed by atoms with E-state index in [9.17, 15) is 8.42 Å². The second-order valence-electron chi connectivity index (χ2n) is 4.66. The molecule has 2 aromatic rings. The topological polar surface area (TPSA) is 46.2 Å². The van der Waals surface area contributed by atoms with Gasteiger partial charge in [0, 0.05) is 11.1 Å². The lowest BCUT2D eigenvalue weighted by Gasteiger charge is -2.15. The van der Waals surface area contributed by atoms with Crippen molar-refractivity contribution in [3.63, 3.8) is 0 Å². The van der Waals surface area contributed by atoms with Gasteiger partial charge < -0.3 is 0 Å². The molecular formula is C15H16ClNO2S. The lowest BCUT2D eigenvalue weighted by molar-refractivity contribution is 0.567. The van der Waals surface area contributed by atoms with Crippen LogP contribution in [0.5, 0.6) is 0 Å². The number of aryl methyl sites for hydroxylation is 1. The average molecular weight is 310 g/mol. The number of halogens is 1. The monoisotopic (exact) mass is 309 g/mol. The van der Waals surface area contributed by atoms with E-state index in [1.165, 1.54) is 6.07 Å². The largest absolute Gasteiger partial charge is 0.241 e. The van der Waals surface area contributed by atoms with Gasteiger partial charge in [0.15, 0.2) is 0 Å². The Bertz CT molecular complexity index is 699. The van der Waals surface area contributed by atoms with Crippen LogP contribution in [0.1, 0.15) is 24.1 Å². The summed E-state index contributed by atoms with van der Waals surface area (Å²) < 4.78 is 27.3. The predicted octanol–water partition coefficient (Wildman–Crippen LogP) is 3.69. The van der Waals surface area contributed by atoms with Crippen LogP contribution in [0.2, 0.25) is 5.02 Å². The molecule has 2 aromatic carbocycles.